The fourth-order valence-corrected chi connectivity index (χ4v) is 3.11. The maximum Gasteiger partial charge on any atom is 0.134 e. The Morgan fingerprint density at radius 1 is 1.25 bits per heavy atom. The van der Waals surface area contributed by atoms with Crippen LogP contribution in [0.1, 0.15) is 38.2 Å². The maximum atomic E-state index is 4.47. The summed E-state index contributed by atoms with van der Waals surface area (Å²) in [7, 11) is 1.93. The highest BCUT2D eigenvalue weighted by molar-refractivity contribution is 5.57. The van der Waals surface area contributed by atoms with Gasteiger partial charge in [0, 0.05) is 37.8 Å². The Bertz CT molecular complexity index is 458. The molecule has 1 atom stereocenters. The van der Waals surface area contributed by atoms with Crippen LogP contribution >= 0.6 is 0 Å². The van der Waals surface area contributed by atoms with Crippen molar-refractivity contribution in [3.8, 4) is 0 Å². The minimum atomic E-state index is 0.533. The Morgan fingerprint density at radius 3 is 2.75 bits per heavy atom. The van der Waals surface area contributed by atoms with Gasteiger partial charge in [0.1, 0.15) is 18.0 Å². The SMILES string of the molecule is CCCc1c(NC)ncnc1NC1CCN(C2CC2)C1. The van der Waals surface area contributed by atoms with E-state index in [1.165, 1.54) is 31.4 Å². The Hall–Kier alpha value is -1.36. The summed E-state index contributed by atoms with van der Waals surface area (Å²) in [5, 5.41) is 6.83. The van der Waals surface area contributed by atoms with E-state index in [0.29, 0.717) is 6.04 Å². The van der Waals surface area contributed by atoms with E-state index < -0.39 is 0 Å². The van der Waals surface area contributed by atoms with Gasteiger partial charge in [0.05, 0.1) is 0 Å². The number of anilines is 2. The molecule has 20 heavy (non-hydrogen) atoms. The molecule has 3 rings (SSSR count). The molecular weight excluding hydrogens is 250 g/mol. The van der Waals surface area contributed by atoms with Crippen molar-refractivity contribution >= 4 is 11.6 Å². The summed E-state index contributed by atoms with van der Waals surface area (Å²) in [5.74, 6) is 1.98. The number of nitrogens with zero attached hydrogens (tertiary/aromatic N) is 3. The fourth-order valence-electron chi connectivity index (χ4n) is 3.11. The molecule has 0 bridgehead atoms. The second kappa shape index (κ2) is 5.95. The minimum Gasteiger partial charge on any atom is -0.373 e. The molecule has 1 unspecified atom stereocenters. The fraction of sp³-hybridized carbons (Fsp3) is 0.733. The van der Waals surface area contributed by atoms with E-state index in [1.54, 1.807) is 6.33 Å². The molecule has 1 aliphatic heterocycles. The van der Waals surface area contributed by atoms with Gasteiger partial charge in [-0.05, 0) is 25.7 Å². The largest absolute Gasteiger partial charge is 0.373 e. The van der Waals surface area contributed by atoms with Gasteiger partial charge in [-0.15, -0.1) is 0 Å². The molecule has 2 fully saturated rings. The maximum absolute atomic E-state index is 4.47. The zero-order valence-electron chi connectivity index (χ0n) is 12.5. The molecule has 5 nitrogen and oxygen atoms in total. The van der Waals surface area contributed by atoms with Crippen molar-refractivity contribution in [3.63, 3.8) is 0 Å². The van der Waals surface area contributed by atoms with Gasteiger partial charge in [-0.1, -0.05) is 13.3 Å². The van der Waals surface area contributed by atoms with Gasteiger partial charge in [0.2, 0.25) is 0 Å². The summed E-state index contributed by atoms with van der Waals surface area (Å²) in [4.78, 5) is 11.4. The summed E-state index contributed by atoms with van der Waals surface area (Å²) in [6, 6.07) is 1.40. The predicted octanol–water partition coefficient (Wildman–Crippen LogP) is 2.12. The monoisotopic (exact) mass is 275 g/mol. The summed E-state index contributed by atoms with van der Waals surface area (Å²) >= 11 is 0. The molecule has 110 valence electrons. The van der Waals surface area contributed by atoms with Crippen LogP contribution in [0, 0.1) is 0 Å². The van der Waals surface area contributed by atoms with E-state index in [-0.39, 0.29) is 0 Å². The average molecular weight is 275 g/mol. The minimum absolute atomic E-state index is 0.533. The molecular formula is C15H25N5. The van der Waals surface area contributed by atoms with Crippen molar-refractivity contribution in [2.45, 2.75) is 51.1 Å². The van der Waals surface area contributed by atoms with Crippen molar-refractivity contribution in [2.24, 2.45) is 0 Å². The molecule has 1 saturated heterocycles. The summed E-state index contributed by atoms with van der Waals surface area (Å²) in [5.41, 5.74) is 1.22. The van der Waals surface area contributed by atoms with Crippen LogP contribution in [-0.2, 0) is 6.42 Å². The van der Waals surface area contributed by atoms with Gasteiger partial charge >= 0.3 is 0 Å². The second-order valence-corrected chi connectivity index (χ2v) is 5.91. The van der Waals surface area contributed by atoms with Crippen LogP contribution in [0.5, 0.6) is 0 Å². The third kappa shape index (κ3) is 2.87. The number of hydrogen-bond donors (Lipinski definition) is 2. The molecule has 0 spiro atoms. The number of hydrogen-bond acceptors (Lipinski definition) is 5. The van der Waals surface area contributed by atoms with E-state index in [1.807, 2.05) is 7.05 Å². The summed E-state index contributed by atoms with van der Waals surface area (Å²) in [6.45, 7) is 4.59. The van der Waals surface area contributed by atoms with Crippen LogP contribution in [0.2, 0.25) is 0 Å². The van der Waals surface area contributed by atoms with Gasteiger partial charge in [0.15, 0.2) is 0 Å². The van der Waals surface area contributed by atoms with Crippen LogP contribution in [-0.4, -0.2) is 47.1 Å². The van der Waals surface area contributed by atoms with Crippen LogP contribution < -0.4 is 10.6 Å². The van der Waals surface area contributed by atoms with Gasteiger partial charge in [-0.3, -0.25) is 4.90 Å². The molecule has 5 heteroatoms. The molecule has 0 radical (unpaired) electrons. The zero-order chi connectivity index (χ0) is 13.9. The van der Waals surface area contributed by atoms with Crippen molar-refractivity contribution in [1.82, 2.24) is 14.9 Å². The zero-order valence-corrected chi connectivity index (χ0v) is 12.5. The topological polar surface area (TPSA) is 53.1 Å². The van der Waals surface area contributed by atoms with Crippen molar-refractivity contribution < 1.29 is 0 Å². The number of likely N-dealkylation sites (tertiary alicyclic amines) is 1. The van der Waals surface area contributed by atoms with E-state index in [0.717, 1.165) is 37.1 Å². The Balaban J connectivity index is 1.69. The van der Waals surface area contributed by atoms with Gasteiger partial charge in [-0.25, -0.2) is 9.97 Å². The number of aromatic nitrogens is 2. The third-order valence-corrected chi connectivity index (χ3v) is 4.31. The molecule has 2 aliphatic rings. The van der Waals surface area contributed by atoms with Crippen molar-refractivity contribution in [3.05, 3.63) is 11.9 Å². The lowest BCUT2D eigenvalue weighted by atomic mass is 10.1. The molecule has 1 aliphatic carbocycles. The standard InChI is InChI=1S/C15H25N5/c1-3-4-13-14(16-2)17-10-18-15(13)19-11-7-8-20(9-11)12-5-6-12/h10-12H,3-9H2,1-2H3,(H2,16,17,18,19). The van der Waals surface area contributed by atoms with Gasteiger partial charge < -0.3 is 10.6 Å². The van der Waals surface area contributed by atoms with E-state index in [4.69, 9.17) is 0 Å². The van der Waals surface area contributed by atoms with Crippen LogP contribution in [0.4, 0.5) is 11.6 Å². The first-order chi connectivity index (χ1) is 9.81. The molecule has 0 amide bonds. The highest BCUT2D eigenvalue weighted by Gasteiger charge is 2.34. The first kappa shape index (κ1) is 13.6. The van der Waals surface area contributed by atoms with Crippen molar-refractivity contribution in [1.29, 1.82) is 0 Å². The number of nitrogens with one attached hydrogen (secondary N) is 2. The first-order valence-corrected chi connectivity index (χ1v) is 7.84. The second-order valence-electron chi connectivity index (χ2n) is 5.91. The molecule has 2 N–H and O–H groups in total. The number of rotatable bonds is 6. The normalized spacial score (nSPS) is 23.0. The van der Waals surface area contributed by atoms with Crippen LogP contribution in [0.3, 0.4) is 0 Å². The molecule has 2 heterocycles. The molecule has 0 aromatic carbocycles. The molecule has 1 aromatic rings. The van der Waals surface area contributed by atoms with E-state index in [9.17, 15) is 0 Å². The highest BCUT2D eigenvalue weighted by atomic mass is 15.2. The average Bonchev–Trinajstić information content (AvgIpc) is 3.21. The van der Waals surface area contributed by atoms with Crippen LogP contribution in [0.25, 0.3) is 0 Å². The lowest BCUT2D eigenvalue weighted by Gasteiger charge is -2.19. The third-order valence-electron chi connectivity index (χ3n) is 4.31. The van der Waals surface area contributed by atoms with Crippen molar-refractivity contribution in [2.75, 3.05) is 30.8 Å². The lowest BCUT2D eigenvalue weighted by molar-refractivity contribution is 0.326. The first-order valence-electron chi connectivity index (χ1n) is 7.84. The van der Waals surface area contributed by atoms with Gasteiger partial charge in [-0.2, -0.15) is 0 Å². The predicted molar refractivity (Wildman–Crippen MR) is 82.2 cm³/mol. The van der Waals surface area contributed by atoms with E-state index in [2.05, 4.69) is 32.4 Å². The summed E-state index contributed by atoms with van der Waals surface area (Å²) in [6.07, 6.45) is 7.78. The molecule has 1 aromatic heterocycles. The van der Waals surface area contributed by atoms with Crippen LogP contribution in [0.15, 0.2) is 6.33 Å². The Labute approximate surface area is 121 Å². The Kier molecular flexibility index (Phi) is 4.05. The lowest BCUT2D eigenvalue weighted by Crippen LogP contribution is -2.28. The smallest absolute Gasteiger partial charge is 0.134 e. The van der Waals surface area contributed by atoms with E-state index >= 15 is 0 Å². The summed E-state index contributed by atoms with van der Waals surface area (Å²) < 4.78 is 0. The molecule has 1 saturated carbocycles. The Morgan fingerprint density at radius 2 is 2.05 bits per heavy atom. The van der Waals surface area contributed by atoms with Gasteiger partial charge in [0.25, 0.3) is 0 Å². The quantitative estimate of drug-likeness (QED) is 0.833. The highest BCUT2D eigenvalue weighted by Crippen LogP contribution is 2.31.